The molecule has 0 amide bonds. The summed E-state index contributed by atoms with van der Waals surface area (Å²) in [7, 11) is 0. The fourth-order valence-electron chi connectivity index (χ4n) is 3.76. The highest BCUT2D eigenvalue weighted by Gasteiger charge is 2.32. The summed E-state index contributed by atoms with van der Waals surface area (Å²) in [4.78, 5) is 5.08. The van der Waals surface area contributed by atoms with Crippen LogP contribution in [0.5, 0.6) is 0 Å². The molecular weight excluding hydrogens is 300 g/mol. The van der Waals surface area contributed by atoms with E-state index in [-0.39, 0.29) is 0 Å². The highest BCUT2D eigenvalue weighted by Crippen LogP contribution is 2.28. The average molecular weight is 326 g/mol. The number of hydrogen-bond donors (Lipinski definition) is 1. The van der Waals surface area contributed by atoms with E-state index in [4.69, 9.17) is 4.74 Å². The van der Waals surface area contributed by atoms with Gasteiger partial charge in [-0.3, -0.25) is 14.9 Å². The van der Waals surface area contributed by atoms with Crippen molar-refractivity contribution in [1.29, 1.82) is 0 Å². The number of benzene rings is 1. The summed E-state index contributed by atoms with van der Waals surface area (Å²) < 4.78 is 5.45. The van der Waals surface area contributed by atoms with Crippen LogP contribution in [0.4, 0.5) is 0 Å². The highest BCUT2D eigenvalue weighted by molar-refractivity contribution is 5.67. The molecule has 0 spiro atoms. The largest absolute Gasteiger partial charge is 0.379 e. The third kappa shape index (κ3) is 3.11. The summed E-state index contributed by atoms with van der Waals surface area (Å²) in [5.74, 6) is 0. The summed E-state index contributed by atoms with van der Waals surface area (Å²) in [6.45, 7) is 11.5. The van der Waals surface area contributed by atoms with E-state index in [1.165, 1.54) is 27.9 Å². The summed E-state index contributed by atoms with van der Waals surface area (Å²) in [6.07, 6.45) is 1.99. The van der Waals surface area contributed by atoms with E-state index in [9.17, 15) is 0 Å². The molecule has 0 aliphatic carbocycles. The highest BCUT2D eigenvalue weighted by atomic mass is 16.5. The van der Waals surface area contributed by atoms with Crippen molar-refractivity contribution in [3.05, 3.63) is 41.1 Å². The van der Waals surface area contributed by atoms with Gasteiger partial charge in [0.1, 0.15) is 0 Å². The van der Waals surface area contributed by atoms with Crippen molar-refractivity contribution in [2.45, 2.75) is 26.4 Å². The van der Waals surface area contributed by atoms with Crippen LogP contribution in [0.3, 0.4) is 0 Å². The van der Waals surface area contributed by atoms with Crippen LogP contribution in [0.15, 0.2) is 24.4 Å². The Morgan fingerprint density at radius 1 is 1.21 bits per heavy atom. The van der Waals surface area contributed by atoms with Gasteiger partial charge in [0.2, 0.25) is 0 Å². The molecule has 5 nitrogen and oxygen atoms in total. The van der Waals surface area contributed by atoms with E-state index in [1.807, 2.05) is 6.20 Å². The molecule has 0 atom stereocenters. The Morgan fingerprint density at radius 3 is 2.79 bits per heavy atom. The molecule has 4 rings (SSSR count). The minimum absolute atomic E-state index is 0.699. The van der Waals surface area contributed by atoms with Gasteiger partial charge in [-0.2, -0.15) is 5.10 Å². The number of hydrogen-bond acceptors (Lipinski definition) is 4. The maximum atomic E-state index is 5.45. The van der Waals surface area contributed by atoms with Crippen LogP contribution in [0.2, 0.25) is 0 Å². The maximum absolute atomic E-state index is 5.45. The van der Waals surface area contributed by atoms with Gasteiger partial charge >= 0.3 is 0 Å². The molecule has 1 N–H and O–H groups in total. The number of aromatic nitrogens is 2. The third-order valence-corrected chi connectivity index (χ3v) is 5.27. The third-order valence-electron chi connectivity index (χ3n) is 5.27. The second-order valence-electron chi connectivity index (χ2n) is 7.08. The van der Waals surface area contributed by atoms with Gasteiger partial charge in [-0.05, 0) is 25.5 Å². The van der Waals surface area contributed by atoms with Crippen LogP contribution < -0.4 is 0 Å². The van der Waals surface area contributed by atoms with Crippen molar-refractivity contribution in [1.82, 2.24) is 20.0 Å². The second kappa shape index (κ2) is 6.67. The molecule has 0 unspecified atom stereocenters. The number of nitrogens with one attached hydrogen (secondary N) is 1. The predicted molar refractivity (Wildman–Crippen MR) is 95.0 cm³/mol. The Bertz CT molecular complexity index is 699. The van der Waals surface area contributed by atoms with Gasteiger partial charge in [-0.25, -0.2) is 0 Å². The van der Waals surface area contributed by atoms with E-state index >= 15 is 0 Å². The van der Waals surface area contributed by atoms with Gasteiger partial charge in [-0.1, -0.05) is 17.7 Å². The molecule has 0 radical (unpaired) electrons. The van der Waals surface area contributed by atoms with Crippen LogP contribution in [0.25, 0.3) is 11.3 Å². The van der Waals surface area contributed by atoms with Gasteiger partial charge in [-0.15, -0.1) is 0 Å². The van der Waals surface area contributed by atoms with Gasteiger partial charge in [0, 0.05) is 49.9 Å². The first-order chi connectivity index (χ1) is 11.7. The van der Waals surface area contributed by atoms with Crippen LogP contribution >= 0.6 is 0 Å². The monoisotopic (exact) mass is 326 g/mol. The number of likely N-dealkylation sites (tertiary alicyclic amines) is 1. The van der Waals surface area contributed by atoms with Crippen molar-refractivity contribution >= 4 is 0 Å². The summed E-state index contributed by atoms with van der Waals surface area (Å²) in [6, 6.07) is 7.30. The maximum Gasteiger partial charge on any atom is 0.0698 e. The van der Waals surface area contributed by atoms with Crippen molar-refractivity contribution in [3.63, 3.8) is 0 Å². The van der Waals surface area contributed by atoms with Gasteiger partial charge < -0.3 is 4.74 Å². The summed E-state index contributed by atoms with van der Waals surface area (Å²) in [5, 5.41) is 7.53. The molecular formula is C19H26N4O. The molecule has 0 saturated carbocycles. The molecule has 2 aromatic rings. The van der Waals surface area contributed by atoms with E-state index in [0.717, 1.165) is 45.9 Å². The Morgan fingerprint density at radius 2 is 2.00 bits per heavy atom. The minimum atomic E-state index is 0.699. The molecule has 3 heterocycles. The topological polar surface area (TPSA) is 44.4 Å². The zero-order valence-corrected chi connectivity index (χ0v) is 14.6. The van der Waals surface area contributed by atoms with Crippen LogP contribution in [0.1, 0.15) is 16.7 Å². The molecule has 128 valence electrons. The first-order valence-electron chi connectivity index (χ1n) is 8.85. The SMILES string of the molecule is Cc1ccc(C)c(-c2[nH]ncc2CN2CC(N3CCOCC3)C2)c1. The molecule has 1 aromatic carbocycles. The predicted octanol–water partition coefficient (Wildman–Crippen LogP) is 2.21. The number of morpholine rings is 1. The lowest BCUT2D eigenvalue weighted by Gasteiger charge is -2.46. The molecule has 2 aliphatic heterocycles. The van der Waals surface area contributed by atoms with Crippen molar-refractivity contribution < 1.29 is 4.74 Å². The fraction of sp³-hybridized carbons (Fsp3) is 0.526. The Hall–Kier alpha value is -1.69. The number of ether oxygens (including phenoxy) is 1. The van der Waals surface area contributed by atoms with Gasteiger partial charge in [0.25, 0.3) is 0 Å². The zero-order valence-electron chi connectivity index (χ0n) is 14.6. The molecule has 5 heteroatoms. The van der Waals surface area contributed by atoms with Crippen LogP contribution in [-0.4, -0.2) is 65.4 Å². The zero-order chi connectivity index (χ0) is 16.5. The Kier molecular flexibility index (Phi) is 4.39. The lowest BCUT2D eigenvalue weighted by atomic mass is 9.99. The Labute approximate surface area is 143 Å². The smallest absolute Gasteiger partial charge is 0.0698 e. The molecule has 2 fully saturated rings. The molecule has 24 heavy (non-hydrogen) atoms. The average Bonchev–Trinajstić information content (AvgIpc) is 3.01. The van der Waals surface area contributed by atoms with Crippen molar-refractivity contribution in [2.24, 2.45) is 0 Å². The molecule has 0 bridgehead atoms. The molecule has 2 aliphatic rings. The number of nitrogens with zero attached hydrogens (tertiary/aromatic N) is 3. The van der Waals surface area contributed by atoms with Crippen LogP contribution in [-0.2, 0) is 11.3 Å². The quantitative estimate of drug-likeness (QED) is 0.936. The first-order valence-corrected chi connectivity index (χ1v) is 8.85. The Balaban J connectivity index is 1.42. The normalized spacial score (nSPS) is 20.2. The van der Waals surface area contributed by atoms with Gasteiger partial charge in [0.05, 0.1) is 25.1 Å². The number of aryl methyl sites for hydroxylation is 2. The fourth-order valence-corrected chi connectivity index (χ4v) is 3.76. The minimum Gasteiger partial charge on any atom is -0.379 e. The van der Waals surface area contributed by atoms with Crippen molar-refractivity contribution in [3.8, 4) is 11.3 Å². The number of H-pyrrole nitrogens is 1. The van der Waals surface area contributed by atoms with E-state index < -0.39 is 0 Å². The summed E-state index contributed by atoms with van der Waals surface area (Å²) in [5.41, 5.74) is 6.32. The van der Waals surface area contributed by atoms with E-state index in [1.54, 1.807) is 0 Å². The van der Waals surface area contributed by atoms with Crippen LogP contribution in [0, 0.1) is 13.8 Å². The first kappa shape index (κ1) is 15.8. The van der Waals surface area contributed by atoms with E-state index in [0.29, 0.717) is 6.04 Å². The number of rotatable bonds is 4. The lowest BCUT2D eigenvalue weighted by Crippen LogP contribution is -2.60. The number of aromatic amines is 1. The molecule has 1 aromatic heterocycles. The second-order valence-corrected chi connectivity index (χ2v) is 7.08. The molecule has 2 saturated heterocycles. The van der Waals surface area contributed by atoms with E-state index in [2.05, 4.69) is 52.0 Å². The van der Waals surface area contributed by atoms with Crippen molar-refractivity contribution in [2.75, 3.05) is 39.4 Å². The standard InChI is InChI=1S/C19H26N4O/c1-14-3-4-15(2)18(9-14)19-16(10-20-21-19)11-22-12-17(13-22)23-5-7-24-8-6-23/h3-4,9-10,17H,5-8,11-13H2,1-2H3,(H,20,21). The van der Waals surface area contributed by atoms with Gasteiger partial charge in [0.15, 0.2) is 0 Å². The lowest BCUT2D eigenvalue weighted by molar-refractivity contribution is -0.0343. The summed E-state index contributed by atoms with van der Waals surface area (Å²) >= 11 is 0.